The molecule has 1 aliphatic heterocycles. The third-order valence-electron chi connectivity index (χ3n) is 4.72. The van der Waals surface area contributed by atoms with Gasteiger partial charge >= 0.3 is 0 Å². The Balaban J connectivity index is 1.65. The van der Waals surface area contributed by atoms with Crippen molar-refractivity contribution in [1.29, 1.82) is 0 Å². The smallest absolute Gasteiger partial charge is 0.170 e. The number of nitrogens with one attached hydrogen (secondary N) is 2. The minimum absolute atomic E-state index is 0.149. The zero-order valence-electron chi connectivity index (χ0n) is 15.2. The monoisotopic (exact) mass is 391 g/mol. The Kier molecular flexibility index (Phi) is 6.58. The fourth-order valence-electron chi connectivity index (χ4n) is 3.28. The first-order valence-electron chi connectivity index (χ1n) is 8.94. The molecule has 1 aliphatic rings. The molecular formula is C20H23F2N3OS. The molecular weight excluding hydrogens is 368 g/mol. The van der Waals surface area contributed by atoms with Crippen molar-refractivity contribution in [2.24, 2.45) is 0 Å². The van der Waals surface area contributed by atoms with Crippen molar-refractivity contribution in [2.45, 2.75) is 18.9 Å². The van der Waals surface area contributed by atoms with Crippen LogP contribution in [0.1, 0.15) is 24.4 Å². The predicted molar refractivity (Wildman–Crippen MR) is 107 cm³/mol. The summed E-state index contributed by atoms with van der Waals surface area (Å²) in [5.74, 6) is -0.480. The van der Waals surface area contributed by atoms with E-state index in [9.17, 15) is 8.78 Å². The molecule has 1 heterocycles. The molecule has 0 bridgehead atoms. The van der Waals surface area contributed by atoms with Crippen LogP contribution in [-0.4, -0.2) is 36.8 Å². The number of nitrogens with zero attached hydrogens (tertiary/aromatic N) is 1. The molecule has 1 saturated heterocycles. The van der Waals surface area contributed by atoms with Crippen LogP contribution in [-0.2, 0) is 0 Å². The second-order valence-corrected chi connectivity index (χ2v) is 6.90. The summed E-state index contributed by atoms with van der Waals surface area (Å²) in [5.41, 5.74) is 1.32. The molecule has 0 unspecified atom stereocenters. The van der Waals surface area contributed by atoms with Crippen LogP contribution in [0, 0.1) is 11.6 Å². The number of rotatable bonds is 6. The van der Waals surface area contributed by atoms with Crippen LogP contribution >= 0.6 is 12.2 Å². The van der Waals surface area contributed by atoms with Crippen molar-refractivity contribution in [1.82, 2.24) is 10.2 Å². The summed E-state index contributed by atoms with van der Waals surface area (Å²) < 4.78 is 32.0. The average molecular weight is 391 g/mol. The highest BCUT2D eigenvalue weighted by Crippen LogP contribution is 2.26. The number of likely N-dealkylation sites (tertiary alicyclic amines) is 1. The van der Waals surface area contributed by atoms with Gasteiger partial charge in [0, 0.05) is 12.6 Å². The summed E-state index contributed by atoms with van der Waals surface area (Å²) in [6.07, 6.45) is 2.35. The average Bonchev–Trinajstić information content (AvgIpc) is 3.19. The zero-order chi connectivity index (χ0) is 19.2. The van der Waals surface area contributed by atoms with Gasteiger partial charge in [-0.25, -0.2) is 8.78 Å². The van der Waals surface area contributed by atoms with Gasteiger partial charge < -0.3 is 15.4 Å². The standard InChI is InChI=1S/C20H23F2N3OS/c1-26-16-7-4-14(5-8-16)19(25-10-2-3-11-25)13-23-20(27)24-18-9-6-15(21)12-17(18)22/h4-9,12,19H,2-3,10-11,13H2,1H3,(H2,23,24,27)/t19-/m1/s1. The fourth-order valence-corrected chi connectivity index (χ4v) is 3.48. The summed E-state index contributed by atoms with van der Waals surface area (Å²) in [5, 5.41) is 6.26. The third kappa shape index (κ3) is 5.14. The highest BCUT2D eigenvalue weighted by atomic mass is 32.1. The van der Waals surface area contributed by atoms with Crippen molar-refractivity contribution in [3.63, 3.8) is 0 Å². The largest absolute Gasteiger partial charge is 0.497 e. The second-order valence-electron chi connectivity index (χ2n) is 6.49. The highest BCUT2D eigenvalue weighted by molar-refractivity contribution is 7.80. The van der Waals surface area contributed by atoms with Crippen LogP contribution in [0.4, 0.5) is 14.5 Å². The predicted octanol–water partition coefficient (Wildman–Crippen LogP) is 4.10. The highest BCUT2D eigenvalue weighted by Gasteiger charge is 2.23. The first kappa shape index (κ1) is 19.5. The van der Waals surface area contributed by atoms with Gasteiger partial charge in [0.25, 0.3) is 0 Å². The molecule has 2 aromatic rings. The van der Waals surface area contributed by atoms with E-state index in [-0.39, 0.29) is 11.7 Å². The lowest BCUT2D eigenvalue weighted by Gasteiger charge is -2.29. The molecule has 0 aromatic heterocycles. The van der Waals surface area contributed by atoms with Gasteiger partial charge in [-0.2, -0.15) is 0 Å². The van der Waals surface area contributed by atoms with Gasteiger partial charge in [-0.15, -0.1) is 0 Å². The lowest BCUT2D eigenvalue weighted by molar-refractivity contribution is 0.246. The number of anilines is 1. The van der Waals surface area contributed by atoms with E-state index < -0.39 is 11.6 Å². The van der Waals surface area contributed by atoms with Gasteiger partial charge in [0.05, 0.1) is 18.8 Å². The molecule has 7 heteroatoms. The summed E-state index contributed by atoms with van der Waals surface area (Å²) in [7, 11) is 1.65. The normalized spacial score (nSPS) is 15.4. The summed E-state index contributed by atoms with van der Waals surface area (Å²) in [6.45, 7) is 2.65. The SMILES string of the molecule is COc1ccc([C@@H](CNC(=S)Nc2ccc(F)cc2F)N2CCCC2)cc1. The molecule has 1 fully saturated rings. The summed E-state index contributed by atoms with van der Waals surface area (Å²) in [6, 6.07) is 11.5. The number of halogens is 2. The molecule has 0 amide bonds. The van der Waals surface area contributed by atoms with Crippen LogP contribution < -0.4 is 15.4 Å². The Hall–Kier alpha value is -2.25. The van der Waals surface area contributed by atoms with Gasteiger partial charge in [0.15, 0.2) is 5.11 Å². The van der Waals surface area contributed by atoms with E-state index >= 15 is 0 Å². The molecule has 2 N–H and O–H groups in total. The summed E-state index contributed by atoms with van der Waals surface area (Å²) in [4.78, 5) is 2.41. The molecule has 0 radical (unpaired) electrons. The van der Waals surface area contributed by atoms with Crippen molar-refractivity contribution in [2.75, 3.05) is 32.1 Å². The maximum Gasteiger partial charge on any atom is 0.170 e. The first-order valence-corrected chi connectivity index (χ1v) is 9.35. The van der Waals surface area contributed by atoms with Gasteiger partial charge in [-0.05, 0) is 68.0 Å². The molecule has 0 saturated carbocycles. The van der Waals surface area contributed by atoms with Gasteiger partial charge in [-0.3, -0.25) is 4.90 Å². The molecule has 4 nitrogen and oxygen atoms in total. The van der Waals surface area contributed by atoms with Crippen LogP contribution in [0.3, 0.4) is 0 Å². The van der Waals surface area contributed by atoms with Gasteiger partial charge in [-0.1, -0.05) is 12.1 Å². The Morgan fingerprint density at radius 1 is 1.15 bits per heavy atom. The quantitative estimate of drug-likeness (QED) is 0.725. The number of benzene rings is 2. The number of hydrogen-bond donors (Lipinski definition) is 2. The maximum absolute atomic E-state index is 13.8. The topological polar surface area (TPSA) is 36.5 Å². The molecule has 144 valence electrons. The van der Waals surface area contributed by atoms with Crippen molar-refractivity contribution < 1.29 is 13.5 Å². The van der Waals surface area contributed by atoms with E-state index in [0.717, 1.165) is 24.9 Å². The number of thiocarbonyl (C=S) groups is 1. The van der Waals surface area contributed by atoms with Crippen molar-refractivity contribution in [3.8, 4) is 5.75 Å². The third-order valence-corrected chi connectivity index (χ3v) is 4.96. The van der Waals surface area contributed by atoms with E-state index in [1.807, 2.05) is 12.1 Å². The Bertz CT molecular complexity index is 779. The maximum atomic E-state index is 13.8. The van der Waals surface area contributed by atoms with Crippen molar-refractivity contribution >= 4 is 23.0 Å². The Morgan fingerprint density at radius 3 is 2.48 bits per heavy atom. The number of methoxy groups -OCH3 is 1. The molecule has 1 atom stereocenters. The number of ether oxygens (including phenoxy) is 1. The van der Waals surface area contributed by atoms with E-state index in [0.29, 0.717) is 11.7 Å². The van der Waals surface area contributed by atoms with Gasteiger partial charge in [0.1, 0.15) is 17.4 Å². The molecule has 3 rings (SSSR count). The van der Waals surface area contributed by atoms with Crippen molar-refractivity contribution in [3.05, 3.63) is 59.7 Å². The van der Waals surface area contributed by atoms with E-state index in [4.69, 9.17) is 17.0 Å². The zero-order valence-corrected chi connectivity index (χ0v) is 16.0. The minimum atomic E-state index is -0.676. The number of hydrogen-bond acceptors (Lipinski definition) is 3. The molecule has 27 heavy (non-hydrogen) atoms. The Labute approximate surface area is 163 Å². The lowest BCUT2D eigenvalue weighted by atomic mass is 10.1. The molecule has 2 aromatic carbocycles. The van der Waals surface area contributed by atoms with E-state index in [2.05, 4.69) is 27.7 Å². The lowest BCUT2D eigenvalue weighted by Crippen LogP contribution is -2.38. The van der Waals surface area contributed by atoms with Crippen LogP contribution in [0.5, 0.6) is 5.75 Å². The molecule has 0 aliphatic carbocycles. The summed E-state index contributed by atoms with van der Waals surface area (Å²) >= 11 is 5.29. The van der Waals surface area contributed by atoms with E-state index in [1.54, 1.807) is 7.11 Å². The fraction of sp³-hybridized carbons (Fsp3) is 0.350. The van der Waals surface area contributed by atoms with Gasteiger partial charge in [0.2, 0.25) is 0 Å². The van der Waals surface area contributed by atoms with Crippen LogP contribution in [0.25, 0.3) is 0 Å². The second kappa shape index (κ2) is 9.10. The van der Waals surface area contributed by atoms with Crippen LogP contribution in [0.2, 0.25) is 0 Å². The van der Waals surface area contributed by atoms with Crippen LogP contribution in [0.15, 0.2) is 42.5 Å². The van der Waals surface area contributed by atoms with E-state index in [1.165, 1.54) is 30.5 Å². The Morgan fingerprint density at radius 2 is 1.85 bits per heavy atom. The molecule has 0 spiro atoms. The first-order chi connectivity index (χ1) is 13.1. The minimum Gasteiger partial charge on any atom is -0.497 e.